The summed E-state index contributed by atoms with van der Waals surface area (Å²) in [6, 6.07) is 5.22. The number of nitro benzene ring substituents is 1. The number of carbonyl (C=O) groups excluding carboxylic acids is 1. The topological polar surface area (TPSA) is 92.8 Å². The molecule has 0 amide bonds. The molecule has 0 radical (unpaired) electrons. The molecule has 1 aromatic carbocycles. The number of non-ortho nitro benzene ring substituents is 1. The number of hydrogen-bond acceptors (Lipinski definition) is 5. The Labute approximate surface area is 104 Å². The third-order valence-electron chi connectivity index (χ3n) is 2.49. The minimum Gasteiger partial charge on any atom is -0.411 e. The number of nitrogens with zero attached hydrogens (tertiary/aromatic N) is 2. The van der Waals surface area contributed by atoms with E-state index in [1.807, 2.05) is 6.92 Å². The van der Waals surface area contributed by atoms with Crippen LogP contribution in [0.1, 0.15) is 36.5 Å². The minimum absolute atomic E-state index is 0.0747. The fourth-order valence-corrected chi connectivity index (χ4v) is 1.45. The van der Waals surface area contributed by atoms with Crippen LogP contribution in [0.5, 0.6) is 0 Å². The molecule has 0 aliphatic carbocycles. The molecule has 0 unspecified atom stereocenters. The number of ketones is 1. The van der Waals surface area contributed by atoms with E-state index < -0.39 is 10.7 Å². The number of Topliss-reactive ketones (excluding diaryl/α,β-unsaturated/α-hetero) is 1. The molecule has 0 saturated heterocycles. The van der Waals surface area contributed by atoms with Crippen LogP contribution >= 0.6 is 0 Å². The highest BCUT2D eigenvalue weighted by Crippen LogP contribution is 2.13. The van der Waals surface area contributed by atoms with Crippen molar-refractivity contribution in [2.45, 2.75) is 26.2 Å². The SMILES string of the molecule is CCCCC(=NO)C(=O)c1ccc([N+](=O)[O-])cc1. The summed E-state index contributed by atoms with van der Waals surface area (Å²) in [6.45, 7) is 1.96. The van der Waals surface area contributed by atoms with Crippen LogP contribution in [-0.4, -0.2) is 21.6 Å². The van der Waals surface area contributed by atoms with Crippen molar-refractivity contribution in [2.24, 2.45) is 5.16 Å². The number of rotatable bonds is 6. The molecule has 0 aliphatic heterocycles. The van der Waals surface area contributed by atoms with E-state index in [-0.39, 0.29) is 17.0 Å². The summed E-state index contributed by atoms with van der Waals surface area (Å²) >= 11 is 0. The van der Waals surface area contributed by atoms with Crippen molar-refractivity contribution in [3.05, 3.63) is 39.9 Å². The van der Waals surface area contributed by atoms with Crippen molar-refractivity contribution in [3.63, 3.8) is 0 Å². The van der Waals surface area contributed by atoms with Crippen molar-refractivity contribution in [1.29, 1.82) is 0 Å². The third-order valence-corrected chi connectivity index (χ3v) is 2.49. The van der Waals surface area contributed by atoms with Gasteiger partial charge >= 0.3 is 0 Å². The smallest absolute Gasteiger partial charge is 0.269 e. The second kappa shape index (κ2) is 6.48. The van der Waals surface area contributed by atoms with Gasteiger partial charge in [-0.05, 0) is 25.0 Å². The molecule has 0 bridgehead atoms. The van der Waals surface area contributed by atoms with Gasteiger partial charge in [-0.3, -0.25) is 14.9 Å². The molecule has 18 heavy (non-hydrogen) atoms. The Balaban J connectivity index is 2.86. The van der Waals surface area contributed by atoms with Crippen LogP contribution in [0.3, 0.4) is 0 Å². The lowest BCUT2D eigenvalue weighted by Crippen LogP contribution is -2.14. The molecular weight excluding hydrogens is 236 g/mol. The number of benzene rings is 1. The fraction of sp³-hybridized carbons (Fsp3) is 0.333. The molecule has 0 spiro atoms. The van der Waals surface area contributed by atoms with Gasteiger partial charge in [-0.25, -0.2) is 0 Å². The second-order valence-electron chi connectivity index (χ2n) is 3.78. The van der Waals surface area contributed by atoms with E-state index in [0.717, 1.165) is 12.8 Å². The molecule has 0 heterocycles. The van der Waals surface area contributed by atoms with Crippen LogP contribution in [0, 0.1) is 10.1 Å². The highest BCUT2D eigenvalue weighted by molar-refractivity contribution is 6.45. The average molecular weight is 250 g/mol. The van der Waals surface area contributed by atoms with Gasteiger partial charge in [-0.15, -0.1) is 0 Å². The van der Waals surface area contributed by atoms with Crippen LogP contribution in [-0.2, 0) is 0 Å². The fourth-order valence-electron chi connectivity index (χ4n) is 1.45. The van der Waals surface area contributed by atoms with Gasteiger partial charge in [0.05, 0.1) is 4.92 Å². The predicted molar refractivity (Wildman–Crippen MR) is 66.2 cm³/mol. The standard InChI is InChI=1S/C12H14N2O4/c1-2-3-4-11(13-16)12(15)9-5-7-10(8-6-9)14(17)18/h5-8,16H,2-4H2,1H3. The maximum Gasteiger partial charge on any atom is 0.269 e. The largest absolute Gasteiger partial charge is 0.411 e. The molecule has 1 rings (SSSR count). The monoisotopic (exact) mass is 250 g/mol. The zero-order valence-electron chi connectivity index (χ0n) is 10.00. The Kier molecular flexibility index (Phi) is 4.98. The number of carbonyl (C=O) groups is 1. The van der Waals surface area contributed by atoms with Crippen LogP contribution < -0.4 is 0 Å². The van der Waals surface area contributed by atoms with Gasteiger partial charge in [0.2, 0.25) is 5.78 Å². The van der Waals surface area contributed by atoms with Crippen molar-refractivity contribution >= 4 is 17.2 Å². The first-order valence-corrected chi connectivity index (χ1v) is 5.60. The summed E-state index contributed by atoms with van der Waals surface area (Å²) in [4.78, 5) is 21.8. The number of unbranched alkanes of at least 4 members (excludes halogenated alkanes) is 1. The van der Waals surface area contributed by atoms with Gasteiger partial charge in [-0.2, -0.15) is 0 Å². The zero-order valence-corrected chi connectivity index (χ0v) is 10.00. The second-order valence-corrected chi connectivity index (χ2v) is 3.78. The van der Waals surface area contributed by atoms with Crippen molar-refractivity contribution in [3.8, 4) is 0 Å². The molecule has 0 fully saturated rings. The van der Waals surface area contributed by atoms with E-state index in [4.69, 9.17) is 5.21 Å². The Morgan fingerprint density at radius 1 is 1.39 bits per heavy atom. The molecular formula is C12H14N2O4. The summed E-state index contributed by atoms with van der Waals surface area (Å²) in [5.41, 5.74) is 0.276. The molecule has 0 atom stereocenters. The van der Waals surface area contributed by atoms with E-state index in [9.17, 15) is 14.9 Å². The molecule has 6 nitrogen and oxygen atoms in total. The van der Waals surface area contributed by atoms with Crippen molar-refractivity contribution in [2.75, 3.05) is 0 Å². The molecule has 0 saturated carbocycles. The maximum absolute atomic E-state index is 11.9. The number of hydrogen-bond donors (Lipinski definition) is 1. The predicted octanol–water partition coefficient (Wildman–Crippen LogP) is 2.80. The van der Waals surface area contributed by atoms with E-state index in [0.29, 0.717) is 6.42 Å². The van der Waals surface area contributed by atoms with Crippen LogP contribution in [0.4, 0.5) is 5.69 Å². The third kappa shape index (κ3) is 3.38. The summed E-state index contributed by atoms with van der Waals surface area (Å²) in [5, 5.41) is 22.2. The quantitative estimate of drug-likeness (QED) is 0.276. The van der Waals surface area contributed by atoms with E-state index >= 15 is 0 Å². The lowest BCUT2D eigenvalue weighted by molar-refractivity contribution is -0.384. The number of nitro groups is 1. The van der Waals surface area contributed by atoms with Crippen LogP contribution in [0.25, 0.3) is 0 Å². The summed E-state index contributed by atoms with van der Waals surface area (Å²) in [5.74, 6) is -0.402. The van der Waals surface area contributed by atoms with Gasteiger partial charge in [0, 0.05) is 17.7 Å². The molecule has 0 aromatic heterocycles. The Bertz CT molecular complexity index is 465. The molecule has 1 N–H and O–H groups in total. The normalized spacial score (nSPS) is 11.3. The first-order valence-electron chi connectivity index (χ1n) is 5.60. The summed E-state index contributed by atoms with van der Waals surface area (Å²) in [6.07, 6.45) is 2.02. The lowest BCUT2D eigenvalue weighted by Gasteiger charge is -2.02. The lowest BCUT2D eigenvalue weighted by atomic mass is 10.0. The van der Waals surface area contributed by atoms with Crippen molar-refractivity contribution < 1.29 is 14.9 Å². The molecule has 1 aromatic rings. The van der Waals surface area contributed by atoms with Crippen molar-refractivity contribution in [1.82, 2.24) is 0 Å². The molecule has 6 heteroatoms. The number of oxime groups is 1. The highest BCUT2D eigenvalue weighted by atomic mass is 16.6. The first kappa shape index (κ1) is 13.8. The minimum atomic E-state index is -0.535. The highest BCUT2D eigenvalue weighted by Gasteiger charge is 2.15. The van der Waals surface area contributed by atoms with Crippen LogP contribution in [0.15, 0.2) is 29.4 Å². The Morgan fingerprint density at radius 2 is 2.00 bits per heavy atom. The van der Waals surface area contributed by atoms with E-state index in [1.165, 1.54) is 24.3 Å². The average Bonchev–Trinajstić information content (AvgIpc) is 2.39. The van der Waals surface area contributed by atoms with Crippen LogP contribution in [0.2, 0.25) is 0 Å². The first-order chi connectivity index (χ1) is 8.60. The summed E-state index contributed by atoms with van der Waals surface area (Å²) in [7, 11) is 0. The van der Waals surface area contributed by atoms with Gasteiger partial charge in [0.25, 0.3) is 5.69 Å². The van der Waals surface area contributed by atoms with Gasteiger partial charge in [0.1, 0.15) is 5.71 Å². The van der Waals surface area contributed by atoms with E-state index in [1.54, 1.807) is 0 Å². The maximum atomic E-state index is 11.9. The Morgan fingerprint density at radius 3 is 2.44 bits per heavy atom. The summed E-state index contributed by atoms with van der Waals surface area (Å²) < 4.78 is 0. The molecule has 96 valence electrons. The Hall–Kier alpha value is -2.24. The van der Waals surface area contributed by atoms with Gasteiger partial charge < -0.3 is 5.21 Å². The van der Waals surface area contributed by atoms with Gasteiger partial charge in [0.15, 0.2) is 0 Å². The zero-order chi connectivity index (χ0) is 13.5. The van der Waals surface area contributed by atoms with E-state index in [2.05, 4.69) is 5.16 Å². The molecule has 0 aliphatic rings. The van der Waals surface area contributed by atoms with Gasteiger partial charge in [-0.1, -0.05) is 18.5 Å².